The zero-order valence-electron chi connectivity index (χ0n) is 15.6. The quantitative estimate of drug-likeness (QED) is 0.183. The summed E-state index contributed by atoms with van der Waals surface area (Å²) in [5.74, 6) is 0.107. The van der Waals surface area contributed by atoms with Crippen molar-refractivity contribution in [2.75, 3.05) is 12.3 Å². The molecule has 1 saturated heterocycles. The summed E-state index contributed by atoms with van der Waals surface area (Å²) in [6.45, 7) is -0.693. The second-order valence-electron chi connectivity index (χ2n) is 5.92. The van der Waals surface area contributed by atoms with Crippen LogP contribution in [0.5, 0.6) is 0 Å². The second-order valence-corrected chi connectivity index (χ2v) is 10.3. The van der Waals surface area contributed by atoms with E-state index >= 15 is 0 Å². The molecule has 1 fully saturated rings. The fourth-order valence-corrected chi connectivity index (χ4v) is 5.67. The number of phosphoric acid groups is 3. The Bertz CT molecular complexity index is 1080. The molecule has 5 atom stereocenters. The van der Waals surface area contributed by atoms with E-state index in [-0.39, 0.29) is 53.0 Å². The number of rotatable bonds is 8. The molecule has 31 heavy (non-hydrogen) atoms. The van der Waals surface area contributed by atoms with Gasteiger partial charge in [0.1, 0.15) is 17.9 Å². The molecule has 21 heteroatoms. The number of aliphatic hydroxyl groups excluding tert-OH is 1. The molecule has 2 aromatic rings. The standard InChI is InChI=1S/C10H16N5O12P3.Na/c11-8-7-9(13-3-12-8)15(4-14-7)10-6(16)1-5(25-10)2-24-29(20,21)27-30(22,23)26-28(17,18)19;/h3-6,10,16H,1-2H2,(H,20,21)(H,22,23)(H2,11,12,13)(H2,17,18,19);. The molecule has 0 aromatic carbocycles. The first-order valence-electron chi connectivity index (χ1n) is 7.81. The van der Waals surface area contributed by atoms with Gasteiger partial charge in [-0.3, -0.25) is 9.09 Å². The van der Waals surface area contributed by atoms with Gasteiger partial charge >= 0.3 is 23.5 Å². The Kier molecular flexibility index (Phi) is 8.59. The van der Waals surface area contributed by atoms with Crippen LogP contribution in [0.2, 0.25) is 0 Å². The molecule has 1 aliphatic rings. The zero-order chi connectivity index (χ0) is 22.3. The maximum Gasteiger partial charge on any atom is 0.490 e. The molecule has 1 radical (unpaired) electrons. The van der Waals surface area contributed by atoms with Crippen molar-refractivity contribution in [2.45, 2.75) is 24.9 Å². The average molecular weight is 514 g/mol. The van der Waals surface area contributed by atoms with Gasteiger partial charge in [0.2, 0.25) is 0 Å². The fraction of sp³-hybridized carbons (Fsp3) is 0.500. The van der Waals surface area contributed by atoms with Crippen molar-refractivity contribution in [1.29, 1.82) is 0 Å². The largest absolute Gasteiger partial charge is 0.490 e. The van der Waals surface area contributed by atoms with Crippen LogP contribution in [0.15, 0.2) is 12.7 Å². The van der Waals surface area contributed by atoms with Gasteiger partial charge in [-0.1, -0.05) is 0 Å². The van der Waals surface area contributed by atoms with Gasteiger partial charge in [-0.05, 0) is 0 Å². The van der Waals surface area contributed by atoms with Gasteiger partial charge in [-0.15, -0.1) is 0 Å². The number of nitrogens with zero attached hydrogens (tertiary/aromatic N) is 4. The van der Waals surface area contributed by atoms with Crippen LogP contribution in [-0.2, 0) is 31.6 Å². The third-order valence-corrected chi connectivity index (χ3v) is 7.47. The summed E-state index contributed by atoms with van der Waals surface area (Å²) >= 11 is 0. The van der Waals surface area contributed by atoms with Crippen molar-refractivity contribution in [1.82, 2.24) is 19.5 Å². The summed E-state index contributed by atoms with van der Waals surface area (Å²) in [7, 11) is -16.4. The predicted octanol–water partition coefficient (Wildman–Crippen LogP) is -0.981. The van der Waals surface area contributed by atoms with E-state index in [9.17, 15) is 23.7 Å². The van der Waals surface area contributed by atoms with Gasteiger partial charge in [-0.25, -0.2) is 28.6 Å². The summed E-state index contributed by atoms with van der Waals surface area (Å²) in [5.41, 5.74) is 6.22. The molecule has 0 saturated carbocycles. The Labute approximate surface area is 195 Å². The number of phosphoric ester groups is 1. The van der Waals surface area contributed by atoms with Gasteiger partial charge in [0.15, 0.2) is 17.7 Å². The number of aliphatic hydroxyl groups is 1. The zero-order valence-corrected chi connectivity index (χ0v) is 20.3. The van der Waals surface area contributed by atoms with E-state index in [1.807, 2.05) is 0 Å². The fourth-order valence-electron chi connectivity index (χ4n) is 2.62. The molecule has 0 bridgehead atoms. The van der Waals surface area contributed by atoms with Crippen molar-refractivity contribution < 1.29 is 56.3 Å². The normalized spacial score (nSPS) is 25.6. The van der Waals surface area contributed by atoms with E-state index in [1.54, 1.807) is 0 Å². The van der Waals surface area contributed by atoms with Crippen molar-refractivity contribution in [3.8, 4) is 0 Å². The molecule has 1 aliphatic heterocycles. The van der Waals surface area contributed by atoms with Crippen LogP contribution in [0.25, 0.3) is 11.2 Å². The van der Waals surface area contributed by atoms with Gasteiger partial charge in [0, 0.05) is 36.0 Å². The van der Waals surface area contributed by atoms with E-state index in [0.717, 1.165) is 0 Å². The number of anilines is 1. The van der Waals surface area contributed by atoms with Crippen molar-refractivity contribution in [3.63, 3.8) is 0 Å². The molecule has 0 aliphatic carbocycles. The average Bonchev–Trinajstić information content (AvgIpc) is 3.13. The molecule has 7 N–H and O–H groups in total. The first-order chi connectivity index (χ1) is 13.8. The third kappa shape index (κ3) is 7.08. The Morgan fingerprint density at radius 3 is 2.45 bits per heavy atom. The monoisotopic (exact) mass is 514 g/mol. The van der Waals surface area contributed by atoms with Crippen LogP contribution < -0.4 is 5.73 Å². The molecule has 17 nitrogen and oxygen atoms in total. The van der Waals surface area contributed by atoms with Gasteiger partial charge in [0.05, 0.1) is 19.0 Å². The van der Waals surface area contributed by atoms with Crippen molar-refractivity contribution in [3.05, 3.63) is 12.7 Å². The van der Waals surface area contributed by atoms with Gasteiger partial charge in [0.25, 0.3) is 0 Å². The van der Waals surface area contributed by atoms with Crippen LogP contribution in [0.1, 0.15) is 12.6 Å². The summed E-state index contributed by atoms with van der Waals surface area (Å²) in [4.78, 5) is 47.4. The van der Waals surface area contributed by atoms with Gasteiger partial charge in [-0.2, -0.15) is 8.62 Å². The predicted molar refractivity (Wildman–Crippen MR) is 99.8 cm³/mol. The Morgan fingerprint density at radius 2 is 1.81 bits per heavy atom. The first kappa shape index (κ1) is 26.9. The maximum atomic E-state index is 11.8. The summed E-state index contributed by atoms with van der Waals surface area (Å²) in [5, 5.41) is 10.2. The van der Waals surface area contributed by atoms with E-state index in [1.165, 1.54) is 17.2 Å². The number of hydrogen-bond donors (Lipinski definition) is 6. The molecule has 0 spiro atoms. The van der Waals surface area contributed by atoms with Crippen LogP contribution in [0, 0.1) is 0 Å². The van der Waals surface area contributed by atoms with E-state index in [4.69, 9.17) is 25.2 Å². The molecule has 5 unspecified atom stereocenters. The topological polar surface area (TPSA) is 259 Å². The van der Waals surface area contributed by atoms with Crippen LogP contribution in [-0.4, -0.2) is 92.6 Å². The minimum Gasteiger partial charge on any atom is -0.388 e. The smallest absolute Gasteiger partial charge is 0.388 e. The number of nitrogen functional groups attached to an aromatic ring is 1. The van der Waals surface area contributed by atoms with Crippen LogP contribution >= 0.6 is 23.5 Å². The molecule has 169 valence electrons. The number of fused-ring (bicyclic) bond motifs is 1. The summed E-state index contributed by atoms with van der Waals surface area (Å²) in [6.07, 6.45) is -0.711. The van der Waals surface area contributed by atoms with E-state index in [0.29, 0.717) is 0 Å². The number of hydrogen-bond acceptors (Lipinski definition) is 12. The molecule has 0 amide bonds. The molecule has 3 rings (SSSR count). The number of ether oxygens (including phenoxy) is 1. The Morgan fingerprint density at radius 1 is 1.13 bits per heavy atom. The molecular weight excluding hydrogens is 498 g/mol. The maximum absolute atomic E-state index is 11.8. The number of aromatic nitrogens is 4. The third-order valence-electron chi connectivity index (χ3n) is 3.67. The molecular formula is C10H16N5NaO12P3. The van der Waals surface area contributed by atoms with Crippen molar-refractivity contribution in [2.24, 2.45) is 0 Å². The second kappa shape index (κ2) is 9.89. The van der Waals surface area contributed by atoms with Crippen LogP contribution in [0.4, 0.5) is 5.82 Å². The summed E-state index contributed by atoms with van der Waals surface area (Å²) in [6, 6.07) is 0. The minimum atomic E-state index is -5.62. The molecule has 3 heterocycles. The van der Waals surface area contributed by atoms with Crippen LogP contribution in [0.3, 0.4) is 0 Å². The Hall–Kier alpha value is -0.320. The summed E-state index contributed by atoms with van der Waals surface area (Å²) < 4.78 is 52.3. The number of nitrogens with two attached hydrogens (primary N) is 1. The van der Waals surface area contributed by atoms with E-state index < -0.39 is 48.5 Å². The van der Waals surface area contributed by atoms with E-state index in [2.05, 4.69) is 28.1 Å². The van der Waals surface area contributed by atoms with Gasteiger partial charge < -0.3 is 35.2 Å². The SMILES string of the molecule is Nc1ncnc2c1ncn2C1OC(COP(=O)(O)OP(=O)(O)OP(=O)(O)O)CC1O.[Na]. The van der Waals surface area contributed by atoms with Crippen molar-refractivity contribution >= 4 is 70.0 Å². The molecule has 2 aromatic heterocycles. The first-order valence-corrected chi connectivity index (χ1v) is 12.3. The minimum absolute atomic E-state index is 0. The number of imidazole rings is 1. The Balaban J connectivity index is 0.00000341.